The van der Waals surface area contributed by atoms with E-state index in [2.05, 4.69) is 9.72 Å². The summed E-state index contributed by atoms with van der Waals surface area (Å²) < 4.78 is 4.49. The number of hydrogen-bond acceptors (Lipinski definition) is 4. The zero-order valence-electron chi connectivity index (χ0n) is 9.20. The molecule has 0 spiro atoms. The van der Waals surface area contributed by atoms with Crippen LogP contribution in [0.2, 0.25) is 0 Å². The van der Waals surface area contributed by atoms with Crippen molar-refractivity contribution < 1.29 is 19.1 Å². The van der Waals surface area contributed by atoms with E-state index in [1.165, 1.54) is 26.2 Å². The minimum absolute atomic E-state index is 0.0342. The maximum atomic E-state index is 11.5. The van der Waals surface area contributed by atoms with Crippen LogP contribution in [0.15, 0.2) is 12.1 Å². The molecule has 86 valence electrons. The summed E-state index contributed by atoms with van der Waals surface area (Å²) in [5.74, 6) is -0.746. The number of rotatable bonds is 5. The van der Waals surface area contributed by atoms with E-state index >= 15 is 0 Å². The van der Waals surface area contributed by atoms with Crippen LogP contribution >= 0.6 is 0 Å². The van der Waals surface area contributed by atoms with Crippen molar-refractivity contribution in [3.63, 3.8) is 0 Å². The number of carbonyl (C=O) groups is 3. The van der Waals surface area contributed by atoms with E-state index in [0.29, 0.717) is 5.69 Å². The Morgan fingerprint density at radius 3 is 2.38 bits per heavy atom. The Kier molecular flexibility index (Phi) is 3.99. The summed E-state index contributed by atoms with van der Waals surface area (Å²) in [7, 11) is 1.26. The van der Waals surface area contributed by atoms with E-state index in [0.717, 1.165) is 0 Å². The fraction of sp³-hybridized carbons (Fsp3) is 0.364. The first-order chi connectivity index (χ1) is 7.54. The second kappa shape index (κ2) is 5.25. The van der Waals surface area contributed by atoms with E-state index in [9.17, 15) is 14.4 Å². The summed E-state index contributed by atoms with van der Waals surface area (Å²) in [6.07, 6.45) is 0.363. The van der Waals surface area contributed by atoms with Gasteiger partial charge in [-0.2, -0.15) is 0 Å². The highest BCUT2D eigenvalue weighted by molar-refractivity contribution is 5.98. The smallest absolute Gasteiger partial charge is 0.354 e. The number of H-pyrrole nitrogens is 1. The van der Waals surface area contributed by atoms with Crippen LogP contribution in [0.25, 0.3) is 0 Å². The van der Waals surface area contributed by atoms with Gasteiger partial charge in [-0.05, 0) is 19.1 Å². The zero-order chi connectivity index (χ0) is 12.1. The summed E-state index contributed by atoms with van der Waals surface area (Å²) in [5.41, 5.74) is 0.551. The van der Waals surface area contributed by atoms with Gasteiger partial charge in [-0.25, -0.2) is 4.79 Å². The molecule has 0 aliphatic carbocycles. The molecule has 1 rings (SSSR count). The van der Waals surface area contributed by atoms with Crippen LogP contribution in [-0.2, 0) is 9.53 Å². The molecular weight excluding hydrogens is 210 g/mol. The molecule has 1 aromatic heterocycles. The van der Waals surface area contributed by atoms with Crippen LogP contribution in [-0.4, -0.2) is 29.6 Å². The van der Waals surface area contributed by atoms with Crippen molar-refractivity contribution in [2.24, 2.45) is 0 Å². The molecule has 0 aromatic carbocycles. The molecule has 0 amide bonds. The third-order valence-electron chi connectivity index (χ3n) is 2.10. The van der Waals surface area contributed by atoms with Crippen LogP contribution in [0.1, 0.15) is 40.7 Å². The maximum Gasteiger partial charge on any atom is 0.354 e. The predicted octanol–water partition coefficient (Wildman–Crippen LogP) is 1.35. The Labute approximate surface area is 92.8 Å². The van der Waals surface area contributed by atoms with Crippen molar-refractivity contribution in [1.29, 1.82) is 0 Å². The van der Waals surface area contributed by atoms with Gasteiger partial charge in [0.15, 0.2) is 5.78 Å². The number of esters is 1. The topological polar surface area (TPSA) is 76.2 Å². The van der Waals surface area contributed by atoms with Crippen LogP contribution in [0.4, 0.5) is 0 Å². The number of methoxy groups -OCH3 is 1. The molecule has 5 nitrogen and oxygen atoms in total. The molecule has 1 N–H and O–H groups in total. The van der Waals surface area contributed by atoms with Gasteiger partial charge < -0.3 is 14.5 Å². The lowest BCUT2D eigenvalue weighted by molar-refractivity contribution is -0.116. The molecule has 0 aliphatic rings. The highest BCUT2D eigenvalue weighted by Gasteiger charge is 2.13. The Hall–Kier alpha value is -1.91. The predicted molar refractivity (Wildman–Crippen MR) is 56.4 cm³/mol. The number of ketones is 2. The van der Waals surface area contributed by atoms with E-state index in [4.69, 9.17) is 0 Å². The first-order valence-corrected chi connectivity index (χ1v) is 4.84. The number of carbonyl (C=O) groups excluding carboxylic acids is 3. The molecule has 0 unspecified atom stereocenters. The van der Waals surface area contributed by atoms with Crippen LogP contribution < -0.4 is 0 Å². The van der Waals surface area contributed by atoms with E-state index < -0.39 is 5.97 Å². The minimum Gasteiger partial charge on any atom is -0.464 e. The molecule has 5 heteroatoms. The van der Waals surface area contributed by atoms with Gasteiger partial charge in [0.25, 0.3) is 0 Å². The lowest BCUT2D eigenvalue weighted by Crippen LogP contribution is -2.05. The highest BCUT2D eigenvalue weighted by atomic mass is 16.5. The quantitative estimate of drug-likeness (QED) is 0.604. The lowest BCUT2D eigenvalue weighted by Gasteiger charge is -1.96. The molecule has 0 atom stereocenters. The van der Waals surface area contributed by atoms with Crippen LogP contribution in [0, 0.1) is 0 Å². The van der Waals surface area contributed by atoms with Crippen molar-refractivity contribution in [1.82, 2.24) is 4.98 Å². The Morgan fingerprint density at radius 1 is 1.19 bits per heavy atom. The van der Waals surface area contributed by atoms with Gasteiger partial charge in [0.1, 0.15) is 11.5 Å². The maximum absolute atomic E-state index is 11.5. The van der Waals surface area contributed by atoms with Gasteiger partial charge >= 0.3 is 5.97 Å². The third-order valence-corrected chi connectivity index (χ3v) is 2.10. The first-order valence-electron chi connectivity index (χ1n) is 4.84. The standard InChI is InChI=1S/C11H13NO4/c1-7(13)3-6-10(14)8-4-5-9(12-8)11(15)16-2/h4-5,12H,3,6H2,1-2H3. The van der Waals surface area contributed by atoms with Crippen LogP contribution in [0.3, 0.4) is 0 Å². The number of aromatic amines is 1. The minimum atomic E-state index is -0.523. The Bertz CT molecular complexity index is 419. The van der Waals surface area contributed by atoms with Gasteiger partial charge in [0, 0.05) is 12.8 Å². The zero-order valence-corrected chi connectivity index (χ0v) is 9.20. The molecule has 1 heterocycles. The molecule has 1 aromatic rings. The van der Waals surface area contributed by atoms with Gasteiger partial charge in [-0.3, -0.25) is 4.79 Å². The fourth-order valence-electron chi connectivity index (χ4n) is 1.21. The fourth-order valence-corrected chi connectivity index (χ4v) is 1.21. The first kappa shape index (κ1) is 12.2. The van der Waals surface area contributed by atoms with Gasteiger partial charge in [0.2, 0.25) is 0 Å². The van der Waals surface area contributed by atoms with E-state index in [1.54, 1.807) is 0 Å². The Balaban J connectivity index is 2.67. The van der Waals surface area contributed by atoms with Gasteiger partial charge in [0.05, 0.1) is 12.8 Å². The average Bonchev–Trinajstić information content (AvgIpc) is 2.74. The molecule has 0 bridgehead atoms. The Morgan fingerprint density at radius 2 is 1.81 bits per heavy atom. The molecule has 0 saturated carbocycles. The largest absolute Gasteiger partial charge is 0.464 e. The molecular formula is C11H13NO4. The highest BCUT2D eigenvalue weighted by Crippen LogP contribution is 2.07. The van der Waals surface area contributed by atoms with Crippen molar-refractivity contribution in [3.8, 4) is 0 Å². The monoisotopic (exact) mass is 223 g/mol. The van der Waals surface area contributed by atoms with E-state index in [-0.39, 0.29) is 30.1 Å². The van der Waals surface area contributed by atoms with Crippen molar-refractivity contribution in [3.05, 3.63) is 23.5 Å². The average molecular weight is 223 g/mol. The second-order valence-corrected chi connectivity index (χ2v) is 3.40. The summed E-state index contributed by atoms with van der Waals surface area (Å²) >= 11 is 0. The molecule has 16 heavy (non-hydrogen) atoms. The van der Waals surface area contributed by atoms with Gasteiger partial charge in [-0.1, -0.05) is 0 Å². The molecule has 0 aliphatic heterocycles. The summed E-state index contributed by atoms with van der Waals surface area (Å²) in [4.78, 5) is 36.0. The molecule has 0 radical (unpaired) electrons. The summed E-state index contributed by atoms with van der Waals surface area (Å²) in [6, 6.07) is 2.99. The van der Waals surface area contributed by atoms with Crippen molar-refractivity contribution >= 4 is 17.5 Å². The van der Waals surface area contributed by atoms with Crippen molar-refractivity contribution in [2.45, 2.75) is 19.8 Å². The number of aromatic nitrogens is 1. The van der Waals surface area contributed by atoms with Gasteiger partial charge in [-0.15, -0.1) is 0 Å². The number of hydrogen-bond donors (Lipinski definition) is 1. The summed E-state index contributed by atoms with van der Waals surface area (Å²) in [5, 5.41) is 0. The number of Topliss-reactive ketones (excluding diaryl/α,β-unsaturated/α-hetero) is 2. The normalized spacial score (nSPS) is 9.88. The lowest BCUT2D eigenvalue weighted by atomic mass is 10.1. The number of nitrogens with one attached hydrogen (secondary N) is 1. The third kappa shape index (κ3) is 3.05. The summed E-state index contributed by atoms with van der Waals surface area (Å²) in [6.45, 7) is 1.43. The van der Waals surface area contributed by atoms with Crippen molar-refractivity contribution in [2.75, 3.05) is 7.11 Å². The molecule has 0 fully saturated rings. The van der Waals surface area contributed by atoms with E-state index in [1.807, 2.05) is 0 Å². The SMILES string of the molecule is COC(=O)c1ccc(C(=O)CCC(C)=O)[nH]1. The molecule has 0 saturated heterocycles. The van der Waals surface area contributed by atoms with Crippen LogP contribution in [0.5, 0.6) is 0 Å². The number of ether oxygens (including phenoxy) is 1. The second-order valence-electron chi connectivity index (χ2n) is 3.40.